The van der Waals surface area contributed by atoms with Gasteiger partial charge in [-0.25, -0.2) is 14.4 Å². The summed E-state index contributed by atoms with van der Waals surface area (Å²) in [7, 11) is 0. The predicted octanol–water partition coefficient (Wildman–Crippen LogP) is 6.77. The van der Waals surface area contributed by atoms with Gasteiger partial charge < -0.3 is 29.6 Å². The Balaban J connectivity index is 1.19. The fraction of sp³-hybridized carbons (Fsp3) is 0.326. The first-order valence-electron chi connectivity index (χ1n) is 18.0. The summed E-state index contributed by atoms with van der Waals surface area (Å²) in [6.07, 6.45) is -1.52. The molecular formula is C43H46N2O9. The van der Waals surface area contributed by atoms with Gasteiger partial charge in [0.1, 0.15) is 37.5 Å². The van der Waals surface area contributed by atoms with E-state index in [0.717, 1.165) is 33.4 Å². The number of hydrogen-bond acceptors (Lipinski definition) is 9. The Morgan fingerprint density at radius 3 is 1.67 bits per heavy atom. The van der Waals surface area contributed by atoms with E-state index in [1.54, 1.807) is 32.9 Å². The second-order valence-electron chi connectivity index (χ2n) is 14.0. The molecule has 4 aromatic carbocycles. The number of alkyl carbamates (subject to hydrolysis) is 1. The van der Waals surface area contributed by atoms with E-state index in [9.17, 15) is 24.0 Å². The number of benzene rings is 4. The monoisotopic (exact) mass is 734 g/mol. The van der Waals surface area contributed by atoms with E-state index in [4.69, 9.17) is 18.9 Å². The smallest absolute Gasteiger partial charge is 0.407 e. The van der Waals surface area contributed by atoms with Crippen LogP contribution in [0.5, 0.6) is 0 Å². The molecule has 11 heteroatoms. The fourth-order valence-corrected chi connectivity index (χ4v) is 6.10. The zero-order valence-electron chi connectivity index (χ0n) is 30.7. The molecule has 0 unspecified atom stereocenters. The van der Waals surface area contributed by atoms with E-state index in [2.05, 4.69) is 10.6 Å². The lowest BCUT2D eigenvalue weighted by molar-refractivity contribution is -0.158. The predicted molar refractivity (Wildman–Crippen MR) is 201 cm³/mol. The summed E-state index contributed by atoms with van der Waals surface area (Å²) in [5.74, 6) is -2.82. The Labute approximate surface area is 315 Å². The van der Waals surface area contributed by atoms with Crippen LogP contribution in [0, 0.1) is 0 Å². The first-order valence-corrected chi connectivity index (χ1v) is 18.0. The van der Waals surface area contributed by atoms with Crippen molar-refractivity contribution < 1.29 is 42.9 Å². The molecule has 1 aliphatic rings. The van der Waals surface area contributed by atoms with Gasteiger partial charge in [0.2, 0.25) is 5.91 Å². The van der Waals surface area contributed by atoms with Crippen molar-refractivity contribution in [1.82, 2.24) is 10.6 Å². The van der Waals surface area contributed by atoms with Crippen LogP contribution in [0.1, 0.15) is 74.6 Å². The molecule has 0 saturated heterocycles. The summed E-state index contributed by atoms with van der Waals surface area (Å²) in [6, 6.07) is 31.7. The minimum atomic E-state index is -1.23. The molecule has 5 rings (SSSR count). The molecule has 4 aromatic rings. The molecule has 0 spiro atoms. The number of ether oxygens (including phenoxy) is 4. The Kier molecular flexibility index (Phi) is 13.6. The minimum Gasteiger partial charge on any atom is -0.461 e. The van der Waals surface area contributed by atoms with Crippen molar-refractivity contribution in [3.05, 3.63) is 131 Å². The summed E-state index contributed by atoms with van der Waals surface area (Å²) in [5.41, 5.74) is 4.91. The summed E-state index contributed by atoms with van der Waals surface area (Å²) in [6.45, 7) is 5.14. The number of fused-ring (bicyclic) bond motifs is 3. The van der Waals surface area contributed by atoms with E-state index in [-0.39, 0.29) is 51.4 Å². The summed E-state index contributed by atoms with van der Waals surface area (Å²) >= 11 is 0. The molecular weight excluding hydrogens is 688 g/mol. The minimum absolute atomic E-state index is 0.0297. The highest BCUT2D eigenvalue weighted by atomic mass is 16.6. The van der Waals surface area contributed by atoms with E-state index in [1.165, 1.54) is 0 Å². The average Bonchev–Trinajstić information content (AvgIpc) is 3.49. The molecule has 0 radical (unpaired) electrons. The van der Waals surface area contributed by atoms with Gasteiger partial charge in [0.25, 0.3) is 0 Å². The fourth-order valence-electron chi connectivity index (χ4n) is 6.10. The molecule has 0 aromatic heterocycles. The van der Waals surface area contributed by atoms with Crippen LogP contribution >= 0.6 is 0 Å². The first-order chi connectivity index (χ1) is 26.0. The second kappa shape index (κ2) is 18.7. The van der Waals surface area contributed by atoms with Crippen LogP contribution in [0.25, 0.3) is 11.1 Å². The summed E-state index contributed by atoms with van der Waals surface area (Å²) in [4.78, 5) is 65.4. The largest absolute Gasteiger partial charge is 0.461 e. The molecule has 0 heterocycles. The highest BCUT2D eigenvalue weighted by Gasteiger charge is 2.32. The SMILES string of the molecule is CC(C)(C)OC(=O)[C@H](CCC(=O)N[C@@H](CCC(=O)OCc1ccccc1)C(=O)OCc1ccccc1)NC(=O)OCC1c2ccccc2-c2ccccc21. The van der Waals surface area contributed by atoms with E-state index >= 15 is 0 Å². The van der Waals surface area contributed by atoms with Crippen LogP contribution in [0.3, 0.4) is 0 Å². The van der Waals surface area contributed by atoms with Crippen molar-refractivity contribution >= 4 is 29.9 Å². The number of rotatable bonds is 16. The van der Waals surface area contributed by atoms with Gasteiger partial charge in [-0.15, -0.1) is 0 Å². The van der Waals surface area contributed by atoms with E-state index in [1.807, 2.05) is 97.1 Å². The molecule has 1 aliphatic carbocycles. The zero-order chi connectivity index (χ0) is 38.5. The molecule has 0 saturated carbocycles. The van der Waals surface area contributed by atoms with Gasteiger partial charge in [0.15, 0.2) is 0 Å². The van der Waals surface area contributed by atoms with Gasteiger partial charge in [-0.05, 0) is 67.0 Å². The van der Waals surface area contributed by atoms with Crippen molar-refractivity contribution in [3.63, 3.8) is 0 Å². The van der Waals surface area contributed by atoms with Crippen LogP contribution in [0.15, 0.2) is 109 Å². The molecule has 2 N–H and O–H groups in total. The Morgan fingerprint density at radius 2 is 1.09 bits per heavy atom. The maximum absolute atomic E-state index is 13.3. The molecule has 2 atom stereocenters. The van der Waals surface area contributed by atoms with Crippen LogP contribution in [0.2, 0.25) is 0 Å². The molecule has 0 fully saturated rings. The lowest BCUT2D eigenvalue weighted by atomic mass is 9.98. The van der Waals surface area contributed by atoms with Gasteiger partial charge >= 0.3 is 24.0 Å². The number of esters is 3. The average molecular weight is 735 g/mol. The maximum Gasteiger partial charge on any atom is 0.407 e. The number of amides is 2. The van der Waals surface area contributed by atoms with E-state index < -0.39 is 47.6 Å². The highest BCUT2D eigenvalue weighted by Crippen LogP contribution is 2.44. The van der Waals surface area contributed by atoms with Gasteiger partial charge in [0, 0.05) is 18.8 Å². The van der Waals surface area contributed by atoms with Gasteiger partial charge in [-0.2, -0.15) is 0 Å². The van der Waals surface area contributed by atoms with Gasteiger partial charge in [0.05, 0.1) is 0 Å². The van der Waals surface area contributed by atoms with Crippen LogP contribution in [-0.2, 0) is 51.3 Å². The van der Waals surface area contributed by atoms with Crippen molar-refractivity contribution in [2.24, 2.45) is 0 Å². The summed E-state index contributed by atoms with van der Waals surface area (Å²) < 4.78 is 22.0. The molecule has 0 bridgehead atoms. The second-order valence-corrected chi connectivity index (χ2v) is 14.0. The highest BCUT2D eigenvalue weighted by molar-refractivity contribution is 5.86. The number of carbonyl (C=O) groups excluding carboxylic acids is 5. The molecule has 0 aliphatic heterocycles. The summed E-state index contributed by atoms with van der Waals surface area (Å²) in [5, 5.41) is 5.22. The number of hydrogen-bond donors (Lipinski definition) is 2. The van der Waals surface area contributed by atoms with Crippen molar-refractivity contribution in [1.29, 1.82) is 0 Å². The van der Waals surface area contributed by atoms with Gasteiger partial charge in [-0.1, -0.05) is 109 Å². The van der Waals surface area contributed by atoms with Crippen LogP contribution in [0.4, 0.5) is 4.79 Å². The Bertz CT molecular complexity index is 1860. The molecule has 282 valence electrons. The Morgan fingerprint density at radius 1 is 0.593 bits per heavy atom. The molecule has 2 amide bonds. The normalized spacial score (nSPS) is 13.0. The van der Waals surface area contributed by atoms with Crippen LogP contribution < -0.4 is 10.6 Å². The van der Waals surface area contributed by atoms with Gasteiger partial charge in [-0.3, -0.25) is 9.59 Å². The first kappa shape index (κ1) is 39.2. The lowest BCUT2D eigenvalue weighted by Gasteiger charge is -2.25. The van der Waals surface area contributed by atoms with Crippen molar-refractivity contribution in [2.75, 3.05) is 6.61 Å². The standard InChI is InChI=1S/C43H46N2O9/c1-43(2,3)54-41(49)37(45-42(50)53-28-35-33-20-12-10-18-31(33)32-19-11-13-21-34(32)35)22-24-38(46)44-36(40(48)52-27-30-16-8-5-9-17-30)23-25-39(47)51-26-29-14-6-4-7-15-29/h4-21,35-37H,22-28H2,1-3H3,(H,44,46)(H,45,50)/t36-,37-/m0/s1. The van der Waals surface area contributed by atoms with E-state index in [0.29, 0.717) is 0 Å². The van der Waals surface area contributed by atoms with Crippen molar-refractivity contribution in [2.45, 2.75) is 83.3 Å². The third-order valence-corrected chi connectivity index (χ3v) is 8.71. The Hall–Kier alpha value is -5.97. The topological polar surface area (TPSA) is 146 Å². The van der Waals surface area contributed by atoms with Crippen molar-refractivity contribution in [3.8, 4) is 11.1 Å². The third-order valence-electron chi connectivity index (χ3n) is 8.71. The quantitative estimate of drug-likeness (QED) is 0.0941. The third kappa shape index (κ3) is 11.5. The maximum atomic E-state index is 13.3. The lowest BCUT2D eigenvalue weighted by Crippen LogP contribution is -2.46. The number of nitrogens with one attached hydrogen (secondary N) is 2. The molecule has 54 heavy (non-hydrogen) atoms. The molecule has 11 nitrogen and oxygen atoms in total. The van der Waals surface area contributed by atoms with Crippen LogP contribution in [-0.4, -0.2) is 54.2 Å². The number of carbonyl (C=O) groups is 5. The zero-order valence-corrected chi connectivity index (χ0v) is 30.7.